The van der Waals surface area contributed by atoms with Gasteiger partial charge in [-0.15, -0.1) is 11.8 Å². The number of carbonyl (C=O) groups is 1. The van der Waals surface area contributed by atoms with Gasteiger partial charge in [-0.1, -0.05) is 12.1 Å². The van der Waals surface area contributed by atoms with E-state index in [1.807, 2.05) is 0 Å². The number of hydrogen-bond donors (Lipinski definition) is 2. The Morgan fingerprint density at radius 1 is 1.15 bits per heavy atom. The van der Waals surface area contributed by atoms with Gasteiger partial charge in [0.05, 0.1) is 22.8 Å². The third kappa shape index (κ3) is 4.31. The van der Waals surface area contributed by atoms with Crippen LogP contribution < -0.4 is 10.0 Å². The molecule has 0 aliphatic carbocycles. The second-order valence-electron chi connectivity index (χ2n) is 5.55. The number of halogens is 3. The van der Waals surface area contributed by atoms with E-state index in [9.17, 15) is 26.4 Å². The molecule has 0 radical (unpaired) electrons. The fourth-order valence-corrected chi connectivity index (χ4v) is 4.38. The number of nitrogens with one attached hydrogen (secondary N) is 2. The first-order chi connectivity index (χ1) is 12.1. The van der Waals surface area contributed by atoms with Crippen molar-refractivity contribution in [1.82, 2.24) is 0 Å². The summed E-state index contributed by atoms with van der Waals surface area (Å²) < 4.78 is 64.8. The molecule has 138 valence electrons. The molecule has 0 aromatic heterocycles. The maximum Gasteiger partial charge on any atom is 0.398 e. The van der Waals surface area contributed by atoms with Crippen LogP contribution in [-0.2, 0) is 21.2 Å². The molecule has 0 saturated carbocycles. The Kier molecular flexibility index (Phi) is 4.89. The predicted octanol–water partition coefficient (Wildman–Crippen LogP) is 3.64. The van der Waals surface area contributed by atoms with Crippen LogP contribution in [0.4, 0.5) is 24.5 Å². The topological polar surface area (TPSA) is 75.3 Å². The van der Waals surface area contributed by atoms with Crippen molar-refractivity contribution in [3.63, 3.8) is 0 Å². The van der Waals surface area contributed by atoms with Crippen LogP contribution in [0.1, 0.15) is 5.56 Å². The zero-order valence-corrected chi connectivity index (χ0v) is 14.8. The first-order valence-electron chi connectivity index (χ1n) is 7.38. The molecule has 2 aromatic carbocycles. The minimum absolute atomic E-state index is 0.0662. The largest absolute Gasteiger partial charge is 0.398 e. The van der Waals surface area contributed by atoms with Crippen molar-refractivity contribution >= 4 is 39.1 Å². The second-order valence-corrected chi connectivity index (χ2v) is 8.25. The highest BCUT2D eigenvalue weighted by Gasteiger charge is 2.28. The van der Waals surface area contributed by atoms with Gasteiger partial charge in [0.2, 0.25) is 5.91 Å². The van der Waals surface area contributed by atoms with Crippen LogP contribution in [-0.4, -0.2) is 26.3 Å². The van der Waals surface area contributed by atoms with E-state index in [-0.39, 0.29) is 27.8 Å². The van der Waals surface area contributed by atoms with Gasteiger partial charge in [0.25, 0.3) is 10.0 Å². The Hall–Kier alpha value is -2.20. The van der Waals surface area contributed by atoms with Gasteiger partial charge < -0.3 is 5.32 Å². The van der Waals surface area contributed by atoms with E-state index in [0.29, 0.717) is 23.0 Å². The maximum atomic E-state index is 12.6. The molecule has 1 aliphatic heterocycles. The Morgan fingerprint density at radius 2 is 1.88 bits per heavy atom. The highest BCUT2D eigenvalue weighted by atomic mass is 32.2. The average Bonchev–Trinajstić information content (AvgIpc) is 2.92. The molecule has 10 heteroatoms. The minimum Gasteiger partial charge on any atom is -0.326 e. The van der Waals surface area contributed by atoms with Gasteiger partial charge in [-0.25, -0.2) is 8.42 Å². The molecule has 0 fully saturated rings. The second kappa shape index (κ2) is 6.84. The van der Waals surface area contributed by atoms with Crippen LogP contribution in [0.5, 0.6) is 0 Å². The monoisotopic (exact) mass is 402 g/mol. The van der Waals surface area contributed by atoms with Crippen molar-refractivity contribution in [3.8, 4) is 0 Å². The number of carbonyl (C=O) groups excluding carboxylic acids is 1. The van der Waals surface area contributed by atoms with Crippen molar-refractivity contribution in [2.45, 2.75) is 22.4 Å². The summed E-state index contributed by atoms with van der Waals surface area (Å²) in [5.74, 6) is -1.35. The predicted molar refractivity (Wildman–Crippen MR) is 92.8 cm³/mol. The third-order valence-electron chi connectivity index (χ3n) is 3.53. The maximum absolute atomic E-state index is 12.6. The molecule has 1 heterocycles. The lowest BCUT2D eigenvalue weighted by Crippen LogP contribution is -2.14. The Morgan fingerprint density at radius 3 is 2.62 bits per heavy atom. The number of hydrogen-bond acceptors (Lipinski definition) is 4. The third-order valence-corrected chi connectivity index (χ3v) is 6.04. The fourth-order valence-electron chi connectivity index (χ4n) is 2.41. The fraction of sp³-hybridized carbons (Fsp3) is 0.188. The van der Waals surface area contributed by atoms with Gasteiger partial charge in [0, 0.05) is 10.6 Å². The highest BCUT2D eigenvalue weighted by molar-refractivity contribution is 7.99. The van der Waals surface area contributed by atoms with E-state index in [1.54, 1.807) is 0 Å². The smallest absolute Gasteiger partial charge is 0.326 e. The van der Waals surface area contributed by atoms with Crippen LogP contribution in [0.25, 0.3) is 0 Å². The first-order valence-corrected chi connectivity index (χ1v) is 9.85. The van der Waals surface area contributed by atoms with Gasteiger partial charge in [0.1, 0.15) is 0 Å². The molecule has 0 spiro atoms. The van der Waals surface area contributed by atoms with Crippen LogP contribution in [0.15, 0.2) is 52.3 Å². The lowest BCUT2D eigenvalue weighted by Gasteiger charge is -2.13. The molecule has 26 heavy (non-hydrogen) atoms. The zero-order valence-electron chi connectivity index (χ0n) is 13.1. The summed E-state index contributed by atoms with van der Waals surface area (Å²) in [5, 5.41) is 2.60. The summed E-state index contributed by atoms with van der Waals surface area (Å²) >= 11 is 0.504. The van der Waals surface area contributed by atoms with Crippen molar-refractivity contribution in [3.05, 3.63) is 48.0 Å². The van der Waals surface area contributed by atoms with E-state index >= 15 is 0 Å². The van der Waals surface area contributed by atoms with Gasteiger partial charge in [-0.05, 0) is 35.9 Å². The summed E-state index contributed by atoms with van der Waals surface area (Å²) in [6, 6.07) is 10.1. The molecule has 2 N–H and O–H groups in total. The lowest BCUT2D eigenvalue weighted by molar-refractivity contribution is -0.115. The van der Waals surface area contributed by atoms with E-state index in [4.69, 9.17) is 0 Å². The van der Waals surface area contributed by atoms with Crippen molar-refractivity contribution in [1.29, 1.82) is 0 Å². The normalized spacial score (nSPS) is 14.0. The van der Waals surface area contributed by atoms with Crippen LogP contribution in [0.3, 0.4) is 0 Å². The lowest BCUT2D eigenvalue weighted by atomic mass is 10.2. The van der Waals surface area contributed by atoms with E-state index < -0.39 is 22.0 Å². The van der Waals surface area contributed by atoms with Crippen molar-refractivity contribution in [2.75, 3.05) is 15.8 Å². The summed E-state index contributed by atoms with van der Waals surface area (Å²) in [5.41, 5.74) is 1.17. The van der Waals surface area contributed by atoms with E-state index in [2.05, 4.69) is 10.0 Å². The zero-order chi connectivity index (χ0) is 18.9. The quantitative estimate of drug-likeness (QED) is 0.749. The Balaban J connectivity index is 1.85. The molecule has 5 nitrogen and oxygen atoms in total. The van der Waals surface area contributed by atoms with Crippen LogP contribution in [0, 0.1) is 0 Å². The number of sulfonamides is 1. The number of anilines is 2. The molecule has 0 atom stereocenters. The molecule has 0 unspecified atom stereocenters. The number of benzene rings is 2. The van der Waals surface area contributed by atoms with Gasteiger partial charge >= 0.3 is 6.18 Å². The first kappa shape index (κ1) is 18.6. The molecular weight excluding hydrogens is 389 g/mol. The minimum atomic E-state index is -4.36. The summed E-state index contributed by atoms with van der Waals surface area (Å²) in [7, 11) is -4.01. The van der Waals surface area contributed by atoms with Gasteiger partial charge in [-0.3, -0.25) is 9.52 Å². The average molecular weight is 402 g/mol. The molecule has 1 amide bonds. The van der Waals surface area contributed by atoms with E-state index in [0.717, 1.165) is 0 Å². The molecule has 1 aliphatic rings. The van der Waals surface area contributed by atoms with Gasteiger partial charge in [0.15, 0.2) is 0 Å². The number of alkyl halides is 3. The summed E-state index contributed by atoms with van der Waals surface area (Å²) in [6.45, 7) is 0. The molecular formula is C16H13F3N2O3S2. The van der Waals surface area contributed by atoms with E-state index in [1.165, 1.54) is 42.5 Å². The Labute approximate surface area is 152 Å². The summed E-state index contributed by atoms with van der Waals surface area (Å²) in [6.07, 6.45) is -4.28. The van der Waals surface area contributed by atoms with Crippen molar-refractivity contribution in [2.24, 2.45) is 0 Å². The number of amides is 1. The van der Waals surface area contributed by atoms with Crippen LogP contribution >= 0.6 is 11.8 Å². The van der Waals surface area contributed by atoms with Crippen LogP contribution in [0.2, 0.25) is 0 Å². The van der Waals surface area contributed by atoms with Crippen molar-refractivity contribution < 1.29 is 26.4 Å². The molecule has 2 aromatic rings. The number of para-hydroxylation sites is 1. The SMILES string of the molecule is O=C1Cc2cc(S(=O)(=O)Nc3ccccc3SCC(F)(F)F)ccc2N1. The highest BCUT2D eigenvalue weighted by Crippen LogP contribution is 2.33. The molecule has 0 saturated heterocycles. The van der Waals surface area contributed by atoms with Gasteiger partial charge in [-0.2, -0.15) is 13.2 Å². The number of rotatable bonds is 5. The Bertz CT molecular complexity index is 959. The number of fused-ring (bicyclic) bond motifs is 1. The standard InChI is InChI=1S/C16H13F3N2O3S2/c17-16(18,19)9-25-14-4-2-1-3-13(14)21-26(23,24)11-5-6-12-10(7-11)8-15(22)20-12/h1-7,21H,8-9H2,(H,20,22). The molecule has 0 bridgehead atoms. The summed E-state index contributed by atoms with van der Waals surface area (Å²) in [4.78, 5) is 11.5. The molecule has 3 rings (SSSR count). The number of thioether (sulfide) groups is 1.